The number of hydrogen-bond donors (Lipinski definition) is 3. The highest BCUT2D eigenvalue weighted by atomic mass is 35.5. The Hall–Kier alpha value is -3.71. The van der Waals surface area contributed by atoms with E-state index in [4.69, 9.17) is 31.3 Å². The highest BCUT2D eigenvalue weighted by Gasteiger charge is 2.39. The van der Waals surface area contributed by atoms with Crippen molar-refractivity contribution in [2.75, 3.05) is 55.4 Å². The summed E-state index contributed by atoms with van der Waals surface area (Å²) in [4.78, 5) is 42.0. The minimum Gasteiger partial charge on any atom is -0.380 e. The number of nitrogens with one attached hydrogen (secondary N) is 1. The number of halogens is 1. The molecule has 0 radical (unpaired) electrons. The van der Waals surface area contributed by atoms with Crippen molar-refractivity contribution < 1.29 is 33.5 Å². The van der Waals surface area contributed by atoms with E-state index in [0.29, 0.717) is 48.6 Å². The molecule has 5 rings (SSSR count). The molecule has 1 aromatic heterocycles. The van der Waals surface area contributed by atoms with Gasteiger partial charge in [-0.15, -0.1) is 0 Å². The van der Waals surface area contributed by atoms with Gasteiger partial charge >= 0.3 is 0 Å². The van der Waals surface area contributed by atoms with Crippen LogP contribution in [-0.2, 0) is 19.1 Å². The Morgan fingerprint density at radius 2 is 1.92 bits per heavy atom. The second-order valence-corrected chi connectivity index (χ2v) is 8.97. The van der Waals surface area contributed by atoms with Crippen molar-refractivity contribution in [1.29, 1.82) is 0 Å². The van der Waals surface area contributed by atoms with E-state index >= 15 is 0 Å². The van der Waals surface area contributed by atoms with Crippen molar-refractivity contribution in [1.82, 2.24) is 10.1 Å². The molecule has 2 atom stereocenters. The molecule has 2 saturated heterocycles. The topological polar surface area (TPSA) is 160 Å². The van der Waals surface area contributed by atoms with Gasteiger partial charge in [0.05, 0.1) is 35.8 Å². The maximum Gasteiger partial charge on any atom is 0.259 e. The number of nitrogen functional groups attached to an aromatic ring is 1. The summed E-state index contributed by atoms with van der Waals surface area (Å²) in [6.07, 6.45) is -3.25. The molecule has 13 heteroatoms. The molecule has 0 bridgehead atoms. The number of rotatable bonds is 5. The number of hydrogen-bond acceptors (Lipinski definition) is 9. The first-order chi connectivity index (χ1) is 17.8. The number of anilines is 3. The number of carbonyl (C=O) groups is 3. The van der Waals surface area contributed by atoms with Gasteiger partial charge in [-0.1, -0.05) is 16.8 Å². The summed E-state index contributed by atoms with van der Waals surface area (Å²) in [5.74, 6) is -1.52. The van der Waals surface area contributed by atoms with Gasteiger partial charge in [0.1, 0.15) is 0 Å². The summed E-state index contributed by atoms with van der Waals surface area (Å²) in [6.45, 7) is 1.99. The number of benzene rings is 2. The fourth-order valence-electron chi connectivity index (χ4n) is 4.26. The van der Waals surface area contributed by atoms with Gasteiger partial charge in [-0.3, -0.25) is 14.4 Å². The second kappa shape index (κ2) is 10.3. The van der Waals surface area contributed by atoms with Crippen molar-refractivity contribution in [3.05, 3.63) is 47.0 Å². The Bertz CT molecular complexity index is 1360. The van der Waals surface area contributed by atoms with E-state index in [9.17, 15) is 19.5 Å². The summed E-state index contributed by atoms with van der Waals surface area (Å²) in [7, 11) is 0. The highest BCUT2D eigenvalue weighted by molar-refractivity contribution is 6.34. The molecule has 12 nitrogen and oxygen atoms in total. The van der Waals surface area contributed by atoms with E-state index in [1.165, 1.54) is 23.1 Å². The third-order valence-electron chi connectivity index (χ3n) is 6.23. The van der Waals surface area contributed by atoms with Crippen LogP contribution in [0.3, 0.4) is 0 Å². The van der Waals surface area contributed by atoms with Gasteiger partial charge in [0, 0.05) is 37.1 Å². The average molecular weight is 530 g/mol. The van der Waals surface area contributed by atoms with Crippen LogP contribution in [0.25, 0.3) is 11.0 Å². The van der Waals surface area contributed by atoms with Crippen LogP contribution in [0.1, 0.15) is 10.4 Å². The minimum atomic E-state index is -1.80. The first kappa shape index (κ1) is 25.0. The summed E-state index contributed by atoms with van der Waals surface area (Å²) >= 11 is 6.30. The van der Waals surface area contributed by atoms with E-state index in [1.807, 2.05) is 0 Å². The quantitative estimate of drug-likeness (QED) is 0.442. The molecule has 0 spiro atoms. The Kier molecular flexibility index (Phi) is 6.98. The summed E-state index contributed by atoms with van der Waals surface area (Å²) in [5.41, 5.74) is 7.02. The van der Waals surface area contributed by atoms with Crippen molar-refractivity contribution in [2.24, 2.45) is 0 Å². The van der Waals surface area contributed by atoms with Gasteiger partial charge in [-0.05, 0) is 30.3 Å². The normalized spacial score (nSPS) is 19.2. The van der Waals surface area contributed by atoms with Crippen LogP contribution >= 0.6 is 11.6 Å². The molecular weight excluding hydrogens is 506 g/mol. The number of amides is 3. The van der Waals surface area contributed by atoms with E-state index < -0.39 is 24.0 Å². The smallest absolute Gasteiger partial charge is 0.259 e. The zero-order chi connectivity index (χ0) is 26.1. The number of carbonyl (C=O) groups excluding carboxylic acids is 3. The number of nitrogens with two attached hydrogens (primary N) is 1. The second-order valence-electron chi connectivity index (χ2n) is 8.56. The summed E-state index contributed by atoms with van der Waals surface area (Å²) in [6, 6.07) is 9.35. The van der Waals surface area contributed by atoms with E-state index in [0.717, 1.165) is 0 Å². The van der Waals surface area contributed by atoms with Crippen LogP contribution < -0.4 is 16.0 Å². The number of aromatic nitrogens is 1. The van der Waals surface area contributed by atoms with Gasteiger partial charge in [-0.2, -0.15) is 0 Å². The molecule has 0 aliphatic carbocycles. The van der Waals surface area contributed by atoms with Crippen molar-refractivity contribution >= 4 is 57.5 Å². The van der Waals surface area contributed by atoms with Gasteiger partial charge in [0.2, 0.25) is 0 Å². The average Bonchev–Trinajstić information content (AvgIpc) is 3.28. The number of fused-ring (bicyclic) bond motifs is 1. The molecule has 0 unspecified atom stereocenters. The fourth-order valence-corrected chi connectivity index (χ4v) is 4.46. The van der Waals surface area contributed by atoms with Crippen LogP contribution in [0.15, 0.2) is 40.9 Å². The molecule has 3 heterocycles. The molecule has 2 aliphatic heterocycles. The third-order valence-corrected chi connectivity index (χ3v) is 6.56. The maximum absolute atomic E-state index is 13.2. The zero-order valence-corrected chi connectivity index (χ0v) is 20.3. The lowest BCUT2D eigenvalue weighted by atomic mass is 10.1. The molecule has 2 aromatic carbocycles. The number of aliphatic hydroxyl groups is 1. The lowest BCUT2D eigenvalue weighted by Crippen LogP contribution is -2.55. The molecule has 194 valence electrons. The fraction of sp³-hybridized carbons (Fsp3) is 0.333. The van der Waals surface area contributed by atoms with Gasteiger partial charge in [-0.25, -0.2) is 0 Å². The summed E-state index contributed by atoms with van der Waals surface area (Å²) < 4.78 is 15.9. The van der Waals surface area contributed by atoms with Crippen LogP contribution in [0.2, 0.25) is 5.02 Å². The van der Waals surface area contributed by atoms with Gasteiger partial charge < -0.3 is 40.0 Å². The molecule has 3 aromatic rings. The van der Waals surface area contributed by atoms with Gasteiger partial charge in [0.15, 0.2) is 23.6 Å². The van der Waals surface area contributed by atoms with E-state index in [-0.39, 0.29) is 35.5 Å². The largest absolute Gasteiger partial charge is 0.380 e. The standard InChI is InChI=1S/C24H24ClN5O7/c25-17-4-2-14(12-16(17)23(33)29-5-8-35-9-6-29)30-7-10-36-20(24(30)34)19(31)22(32)27-13-1-3-15-18(11-13)37-28-21(15)26/h1-4,11-12,19-20,31H,5-10H2,(H2,26,28)(H,27,32)/t19-,20-/m1/s1. The Labute approximate surface area is 215 Å². The lowest BCUT2D eigenvalue weighted by Gasteiger charge is -2.34. The van der Waals surface area contributed by atoms with Crippen LogP contribution in [0.5, 0.6) is 0 Å². The molecule has 2 aliphatic rings. The van der Waals surface area contributed by atoms with Crippen LogP contribution in [0, 0.1) is 0 Å². The van der Waals surface area contributed by atoms with Crippen LogP contribution in [-0.4, -0.2) is 84.5 Å². The Balaban J connectivity index is 1.31. The van der Waals surface area contributed by atoms with Crippen molar-refractivity contribution in [3.63, 3.8) is 0 Å². The van der Waals surface area contributed by atoms with E-state index in [1.54, 1.807) is 23.1 Å². The highest BCUT2D eigenvalue weighted by Crippen LogP contribution is 2.28. The lowest BCUT2D eigenvalue weighted by molar-refractivity contribution is -0.150. The molecule has 3 amide bonds. The van der Waals surface area contributed by atoms with E-state index in [2.05, 4.69) is 10.5 Å². The van der Waals surface area contributed by atoms with Crippen molar-refractivity contribution in [2.45, 2.75) is 12.2 Å². The molecule has 2 fully saturated rings. The Morgan fingerprint density at radius 3 is 2.70 bits per heavy atom. The van der Waals surface area contributed by atoms with Crippen molar-refractivity contribution in [3.8, 4) is 0 Å². The summed E-state index contributed by atoms with van der Waals surface area (Å²) in [5, 5.41) is 17.7. The minimum absolute atomic E-state index is 0.0689. The third kappa shape index (κ3) is 4.96. The first-order valence-corrected chi connectivity index (χ1v) is 11.9. The molecular formula is C24H24ClN5O7. The zero-order valence-electron chi connectivity index (χ0n) is 19.6. The first-order valence-electron chi connectivity index (χ1n) is 11.6. The monoisotopic (exact) mass is 529 g/mol. The number of ether oxygens (including phenoxy) is 2. The van der Waals surface area contributed by atoms with Gasteiger partial charge in [0.25, 0.3) is 17.7 Å². The maximum atomic E-state index is 13.2. The predicted molar refractivity (Wildman–Crippen MR) is 133 cm³/mol. The van der Waals surface area contributed by atoms with Crippen LogP contribution in [0.4, 0.5) is 17.2 Å². The molecule has 0 saturated carbocycles. The Morgan fingerprint density at radius 1 is 1.14 bits per heavy atom. The number of nitrogens with zero attached hydrogens (tertiary/aromatic N) is 3. The molecule has 37 heavy (non-hydrogen) atoms. The molecule has 4 N–H and O–H groups in total. The SMILES string of the molecule is Nc1noc2cc(NC(=O)[C@H](O)[C@H]3OCCN(c4ccc(Cl)c(C(=O)N5CCOCC5)c4)C3=O)ccc12. The number of aliphatic hydroxyl groups excluding tert-OH is 1. The number of morpholine rings is 2. The predicted octanol–water partition coefficient (Wildman–Crippen LogP) is 1.27.